The van der Waals surface area contributed by atoms with Crippen LogP contribution in [0.25, 0.3) is 33.4 Å². The number of aromatic nitrogens is 1. The van der Waals surface area contributed by atoms with Gasteiger partial charge in [-0.25, -0.2) is 0 Å². The van der Waals surface area contributed by atoms with E-state index in [9.17, 15) is 5.11 Å². The highest BCUT2D eigenvalue weighted by molar-refractivity contribution is 5.87. The number of ether oxygens (including phenoxy) is 1. The van der Waals surface area contributed by atoms with E-state index in [0.29, 0.717) is 17.0 Å². The Morgan fingerprint density at radius 3 is 2.56 bits per heavy atom. The lowest BCUT2D eigenvalue weighted by atomic mass is 10.0. The molecule has 0 aliphatic heterocycles. The summed E-state index contributed by atoms with van der Waals surface area (Å²) in [5, 5.41) is 16.4. The van der Waals surface area contributed by atoms with Crippen LogP contribution < -0.4 is 4.74 Å². The molecule has 0 radical (unpaired) electrons. The SMILES string of the molecule is COc1cccc(-c2onc(-c3ccc4ccccc4c3)c2CO)c1. The first-order valence-corrected chi connectivity index (χ1v) is 8.03. The molecule has 0 saturated heterocycles. The minimum Gasteiger partial charge on any atom is -0.497 e. The first-order chi connectivity index (χ1) is 12.3. The number of hydrogen-bond donors (Lipinski definition) is 1. The Bertz CT molecular complexity index is 1040. The molecule has 0 spiro atoms. The third-order valence-corrected chi connectivity index (χ3v) is 4.30. The van der Waals surface area contributed by atoms with Crippen molar-refractivity contribution in [2.45, 2.75) is 6.61 Å². The van der Waals surface area contributed by atoms with E-state index in [4.69, 9.17) is 9.26 Å². The van der Waals surface area contributed by atoms with Crippen molar-refractivity contribution in [2.24, 2.45) is 0 Å². The molecule has 4 aromatic rings. The van der Waals surface area contributed by atoms with Gasteiger partial charge in [0, 0.05) is 11.1 Å². The first kappa shape index (κ1) is 15.4. The molecule has 4 heteroatoms. The van der Waals surface area contributed by atoms with Crippen LogP contribution in [0.2, 0.25) is 0 Å². The molecule has 0 unspecified atom stereocenters. The number of fused-ring (bicyclic) bond motifs is 1. The van der Waals surface area contributed by atoms with Crippen LogP contribution in [0.4, 0.5) is 0 Å². The Labute approximate surface area is 145 Å². The lowest BCUT2D eigenvalue weighted by Crippen LogP contribution is -1.90. The zero-order valence-corrected chi connectivity index (χ0v) is 13.8. The molecule has 0 amide bonds. The Balaban J connectivity index is 1.83. The fraction of sp³-hybridized carbons (Fsp3) is 0.0952. The molecule has 25 heavy (non-hydrogen) atoms. The van der Waals surface area contributed by atoms with Crippen molar-refractivity contribution in [2.75, 3.05) is 7.11 Å². The van der Waals surface area contributed by atoms with Gasteiger partial charge in [-0.2, -0.15) is 0 Å². The van der Waals surface area contributed by atoms with Crippen LogP contribution in [-0.4, -0.2) is 17.4 Å². The standard InChI is InChI=1S/C21H17NO3/c1-24-18-8-4-7-17(12-18)21-19(13-23)20(22-25-21)16-10-9-14-5-2-3-6-15(14)11-16/h2-12,23H,13H2,1H3. The number of nitrogens with zero attached hydrogens (tertiary/aromatic N) is 1. The minimum absolute atomic E-state index is 0.155. The summed E-state index contributed by atoms with van der Waals surface area (Å²) in [4.78, 5) is 0. The van der Waals surface area contributed by atoms with Crippen molar-refractivity contribution >= 4 is 10.8 Å². The predicted octanol–water partition coefficient (Wildman–Crippen LogP) is 4.66. The summed E-state index contributed by atoms with van der Waals surface area (Å²) in [5.41, 5.74) is 3.07. The van der Waals surface area contributed by atoms with Gasteiger partial charge in [-0.15, -0.1) is 0 Å². The van der Waals surface area contributed by atoms with Crippen LogP contribution in [0.1, 0.15) is 5.56 Å². The summed E-state index contributed by atoms with van der Waals surface area (Å²) in [7, 11) is 1.62. The van der Waals surface area contributed by atoms with Gasteiger partial charge < -0.3 is 14.4 Å². The van der Waals surface area contributed by atoms with Crippen molar-refractivity contribution < 1.29 is 14.4 Å². The molecule has 1 heterocycles. The van der Waals surface area contributed by atoms with E-state index in [1.807, 2.05) is 48.5 Å². The monoisotopic (exact) mass is 331 g/mol. The van der Waals surface area contributed by atoms with Gasteiger partial charge in [0.1, 0.15) is 11.4 Å². The van der Waals surface area contributed by atoms with Crippen LogP contribution in [0.15, 0.2) is 71.3 Å². The van der Waals surface area contributed by atoms with Crippen LogP contribution in [-0.2, 0) is 6.61 Å². The molecular formula is C21H17NO3. The molecule has 0 bridgehead atoms. The fourth-order valence-corrected chi connectivity index (χ4v) is 3.01. The van der Waals surface area contributed by atoms with Crippen LogP contribution in [0.3, 0.4) is 0 Å². The largest absolute Gasteiger partial charge is 0.497 e. The molecule has 124 valence electrons. The predicted molar refractivity (Wildman–Crippen MR) is 97.4 cm³/mol. The summed E-state index contributed by atoms with van der Waals surface area (Å²) in [5.74, 6) is 1.29. The lowest BCUT2D eigenvalue weighted by molar-refractivity contribution is 0.281. The Kier molecular flexibility index (Phi) is 3.96. The summed E-state index contributed by atoms with van der Waals surface area (Å²) >= 11 is 0. The topological polar surface area (TPSA) is 55.5 Å². The first-order valence-electron chi connectivity index (χ1n) is 8.03. The Morgan fingerprint density at radius 2 is 1.76 bits per heavy atom. The van der Waals surface area contributed by atoms with E-state index < -0.39 is 0 Å². The number of benzene rings is 3. The van der Waals surface area contributed by atoms with Crippen molar-refractivity contribution in [1.82, 2.24) is 5.16 Å². The van der Waals surface area contributed by atoms with E-state index in [2.05, 4.69) is 23.4 Å². The molecule has 0 aliphatic carbocycles. The number of methoxy groups -OCH3 is 1. The summed E-state index contributed by atoms with van der Waals surface area (Å²) in [6.45, 7) is -0.155. The Morgan fingerprint density at radius 1 is 0.920 bits per heavy atom. The number of rotatable bonds is 4. The van der Waals surface area contributed by atoms with Gasteiger partial charge in [0.2, 0.25) is 0 Å². The maximum atomic E-state index is 9.92. The van der Waals surface area contributed by atoms with E-state index in [1.54, 1.807) is 7.11 Å². The second kappa shape index (κ2) is 6.42. The molecule has 0 atom stereocenters. The van der Waals surface area contributed by atoms with Gasteiger partial charge in [0.15, 0.2) is 5.76 Å². The second-order valence-corrected chi connectivity index (χ2v) is 5.79. The third kappa shape index (κ3) is 2.77. The zero-order valence-electron chi connectivity index (χ0n) is 13.8. The molecule has 4 rings (SSSR count). The molecule has 3 aromatic carbocycles. The van der Waals surface area contributed by atoms with Gasteiger partial charge in [0.05, 0.1) is 19.3 Å². The lowest BCUT2D eigenvalue weighted by Gasteiger charge is -2.05. The average molecular weight is 331 g/mol. The fourth-order valence-electron chi connectivity index (χ4n) is 3.01. The van der Waals surface area contributed by atoms with Crippen molar-refractivity contribution in [1.29, 1.82) is 0 Å². The normalized spacial score (nSPS) is 11.0. The smallest absolute Gasteiger partial charge is 0.173 e. The highest BCUT2D eigenvalue weighted by Gasteiger charge is 2.19. The van der Waals surface area contributed by atoms with E-state index in [1.165, 1.54) is 0 Å². The van der Waals surface area contributed by atoms with Crippen molar-refractivity contribution in [3.05, 3.63) is 72.3 Å². The van der Waals surface area contributed by atoms with E-state index in [0.717, 1.165) is 27.6 Å². The molecule has 1 N–H and O–H groups in total. The summed E-state index contributed by atoms with van der Waals surface area (Å²) < 4.78 is 10.8. The maximum absolute atomic E-state index is 9.92. The number of hydrogen-bond acceptors (Lipinski definition) is 4. The van der Waals surface area contributed by atoms with Gasteiger partial charge in [-0.3, -0.25) is 0 Å². The third-order valence-electron chi connectivity index (χ3n) is 4.30. The van der Waals surface area contributed by atoms with Crippen molar-refractivity contribution in [3.63, 3.8) is 0 Å². The van der Waals surface area contributed by atoms with Crippen LogP contribution in [0.5, 0.6) is 5.75 Å². The average Bonchev–Trinajstić information content (AvgIpc) is 3.11. The molecular weight excluding hydrogens is 314 g/mol. The molecule has 0 aliphatic rings. The van der Waals surface area contributed by atoms with Crippen molar-refractivity contribution in [3.8, 4) is 28.3 Å². The molecule has 4 nitrogen and oxygen atoms in total. The minimum atomic E-state index is -0.155. The van der Waals surface area contributed by atoms with E-state index in [-0.39, 0.29) is 6.61 Å². The number of aliphatic hydroxyl groups excluding tert-OH is 1. The van der Waals surface area contributed by atoms with Crippen LogP contribution in [0, 0.1) is 0 Å². The second-order valence-electron chi connectivity index (χ2n) is 5.79. The van der Waals surface area contributed by atoms with Gasteiger partial charge >= 0.3 is 0 Å². The summed E-state index contributed by atoms with van der Waals surface area (Å²) in [6, 6.07) is 21.8. The molecule has 0 fully saturated rings. The maximum Gasteiger partial charge on any atom is 0.173 e. The van der Waals surface area contributed by atoms with Crippen LogP contribution >= 0.6 is 0 Å². The quantitative estimate of drug-likeness (QED) is 0.591. The molecule has 1 aromatic heterocycles. The van der Waals surface area contributed by atoms with E-state index >= 15 is 0 Å². The number of aliphatic hydroxyl groups is 1. The Hall–Kier alpha value is -3.11. The zero-order chi connectivity index (χ0) is 17.2. The summed E-state index contributed by atoms with van der Waals surface area (Å²) in [6.07, 6.45) is 0. The highest BCUT2D eigenvalue weighted by Crippen LogP contribution is 2.34. The van der Waals surface area contributed by atoms with Gasteiger partial charge in [-0.1, -0.05) is 53.7 Å². The van der Waals surface area contributed by atoms with Gasteiger partial charge in [-0.05, 0) is 29.0 Å². The van der Waals surface area contributed by atoms with Gasteiger partial charge in [0.25, 0.3) is 0 Å². The molecule has 0 saturated carbocycles. The highest BCUT2D eigenvalue weighted by atomic mass is 16.5.